The maximum atomic E-state index is 5.90. The minimum absolute atomic E-state index is 0.0310. The highest BCUT2D eigenvalue weighted by atomic mass is 16.5. The molecule has 1 unspecified atom stereocenters. The molecular weight excluding hydrogens is 264 g/mol. The Morgan fingerprint density at radius 1 is 1.19 bits per heavy atom. The molecule has 4 heteroatoms. The largest absolute Gasteiger partial charge is 0.491 e. The fourth-order valence-corrected chi connectivity index (χ4v) is 2.29. The number of ether oxygens (including phenoxy) is 2. The summed E-state index contributed by atoms with van der Waals surface area (Å²) in [6, 6.07) is 8.43. The van der Waals surface area contributed by atoms with E-state index in [4.69, 9.17) is 9.47 Å². The maximum Gasteiger partial charge on any atom is 0.124 e. The van der Waals surface area contributed by atoms with Crippen molar-refractivity contribution in [3.05, 3.63) is 29.8 Å². The summed E-state index contributed by atoms with van der Waals surface area (Å²) >= 11 is 0. The highest BCUT2D eigenvalue weighted by molar-refractivity contribution is 5.37. The van der Waals surface area contributed by atoms with Crippen LogP contribution in [0, 0.1) is 0 Å². The molecule has 0 aliphatic carbocycles. The van der Waals surface area contributed by atoms with Gasteiger partial charge in [0, 0.05) is 18.2 Å². The summed E-state index contributed by atoms with van der Waals surface area (Å²) in [5, 5.41) is 3.60. The van der Waals surface area contributed by atoms with E-state index < -0.39 is 0 Å². The number of methoxy groups -OCH3 is 1. The number of hydrogen-bond acceptors (Lipinski definition) is 4. The van der Waals surface area contributed by atoms with Crippen LogP contribution in [0.2, 0.25) is 0 Å². The Bertz CT molecular complexity index is 419. The van der Waals surface area contributed by atoms with E-state index in [0.717, 1.165) is 12.3 Å². The van der Waals surface area contributed by atoms with Gasteiger partial charge in [-0.25, -0.2) is 0 Å². The van der Waals surface area contributed by atoms with E-state index in [-0.39, 0.29) is 11.6 Å². The van der Waals surface area contributed by atoms with Gasteiger partial charge in [0.25, 0.3) is 0 Å². The number of benzene rings is 1. The standard InChI is InChI=1S/C17H30N2O2/c1-7-18-16(17(2,3)19(4)5)14-10-8-9-11-15(14)21-13-12-20-6/h8-11,16,18H,7,12-13H2,1-6H3. The van der Waals surface area contributed by atoms with Crippen molar-refractivity contribution < 1.29 is 9.47 Å². The molecule has 1 rings (SSSR count). The number of rotatable bonds is 9. The van der Waals surface area contributed by atoms with Gasteiger partial charge in [-0.2, -0.15) is 0 Å². The van der Waals surface area contributed by atoms with Crippen LogP contribution in [0.3, 0.4) is 0 Å². The van der Waals surface area contributed by atoms with Crippen molar-refractivity contribution >= 4 is 0 Å². The lowest BCUT2D eigenvalue weighted by atomic mass is 9.87. The van der Waals surface area contributed by atoms with Gasteiger partial charge < -0.3 is 19.7 Å². The van der Waals surface area contributed by atoms with Crippen molar-refractivity contribution in [3.8, 4) is 5.75 Å². The molecule has 0 spiro atoms. The van der Waals surface area contributed by atoms with Crippen LogP contribution in [0.25, 0.3) is 0 Å². The van der Waals surface area contributed by atoms with Crippen molar-refractivity contribution in [3.63, 3.8) is 0 Å². The van der Waals surface area contributed by atoms with Gasteiger partial charge in [-0.15, -0.1) is 0 Å². The number of nitrogens with one attached hydrogen (secondary N) is 1. The van der Waals surface area contributed by atoms with Crippen molar-refractivity contribution in [2.24, 2.45) is 0 Å². The molecule has 1 aromatic carbocycles. The Labute approximate surface area is 129 Å². The molecule has 0 bridgehead atoms. The summed E-state index contributed by atoms with van der Waals surface area (Å²) < 4.78 is 11.0. The molecule has 1 aromatic rings. The van der Waals surface area contributed by atoms with Crippen molar-refractivity contribution in [2.75, 3.05) is 41.0 Å². The number of nitrogens with zero attached hydrogens (tertiary/aromatic N) is 1. The Kier molecular flexibility index (Phi) is 7.15. The van der Waals surface area contributed by atoms with Crippen molar-refractivity contribution in [1.82, 2.24) is 10.2 Å². The predicted octanol–water partition coefficient (Wildman–Crippen LogP) is 2.70. The third-order valence-corrected chi connectivity index (χ3v) is 4.04. The first-order valence-electron chi connectivity index (χ1n) is 7.56. The molecule has 1 atom stereocenters. The van der Waals surface area contributed by atoms with Crippen LogP contribution in [-0.4, -0.2) is 51.4 Å². The Balaban J connectivity index is 3.07. The average Bonchev–Trinajstić information content (AvgIpc) is 2.45. The van der Waals surface area contributed by atoms with E-state index in [0.29, 0.717) is 13.2 Å². The third kappa shape index (κ3) is 4.70. The normalized spacial score (nSPS) is 13.5. The quantitative estimate of drug-likeness (QED) is 0.710. The van der Waals surface area contributed by atoms with Crippen LogP contribution in [0.15, 0.2) is 24.3 Å². The monoisotopic (exact) mass is 294 g/mol. The molecule has 1 N–H and O–H groups in total. The first kappa shape index (κ1) is 18.0. The van der Waals surface area contributed by atoms with E-state index >= 15 is 0 Å². The molecule has 0 saturated heterocycles. The molecular formula is C17H30N2O2. The van der Waals surface area contributed by atoms with Crippen molar-refractivity contribution in [2.45, 2.75) is 32.4 Å². The van der Waals surface area contributed by atoms with Gasteiger partial charge in [0.15, 0.2) is 0 Å². The summed E-state index contributed by atoms with van der Waals surface area (Å²) in [7, 11) is 5.91. The van der Waals surface area contributed by atoms with Crippen LogP contribution in [0.1, 0.15) is 32.4 Å². The lowest BCUT2D eigenvalue weighted by molar-refractivity contribution is 0.129. The summed E-state index contributed by atoms with van der Waals surface area (Å²) in [6.07, 6.45) is 0. The fraction of sp³-hybridized carbons (Fsp3) is 0.647. The molecule has 0 aliphatic heterocycles. The van der Waals surface area contributed by atoms with Gasteiger partial charge in [0.2, 0.25) is 0 Å². The lowest BCUT2D eigenvalue weighted by Gasteiger charge is -2.41. The fourth-order valence-electron chi connectivity index (χ4n) is 2.29. The first-order valence-corrected chi connectivity index (χ1v) is 7.56. The Morgan fingerprint density at radius 3 is 2.43 bits per heavy atom. The highest BCUT2D eigenvalue weighted by Crippen LogP contribution is 2.34. The van der Waals surface area contributed by atoms with Crippen LogP contribution >= 0.6 is 0 Å². The molecule has 0 aromatic heterocycles. The zero-order chi connectivity index (χ0) is 15.9. The smallest absolute Gasteiger partial charge is 0.124 e. The summed E-state index contributed by atoms with van der Waals surface area (Å²) in [5.41, 5.74) is 1.16. The van der Waals surface area contributed by atoms with Crippen LogP contribution in [-0.2, 0) is 4.74 Å². The zero-order valence-corrected chi connectivity index (χ0v) is 14.3. The number of para-hydroxylation sites is 1. The van der Waals surface area contributed by atoms with E-state index in [2.05, 4.69) is 57.2 Å². The molecule has 0 fully saturated rings. The zero-order valence-electron chi connectivity index (χ0n) is 14.3. The van der Waals surface area contributed by atoms with E-state index in [9.17, 15) is 0 Å². The minimum Gasteiger partial charge on any atom is -0.491 e. The maximum absolute atomic E-state index is 5.90. The molecule has 0 heterocycles. The van der Waals surface area contributed by atoms with Crippen LogP contribution in [0.5, 0.6) is 5.75 Å². The predicted molar refractivity (Wildman–Crippen MR) is 88.0 cm³/mol. The Morgan fingerprint density at radius 2 is 1.86 bits per heavy atom. The average molecular weight is 294 g/mol. The SMILES string of the molecule is CCNC(c1ccccc1OCCOC)C(C)(C)N(C)C. The topological polar surface area (TPSA) is 33.7 Å². The van der Waals surface area contributed by atoms with Crippen LogP contribution < -0.4 is 10.1 Å². The van der Waals surface area contributed by atoms with Gasteiger partial charge in [-0.05, 0) is 40.6 Å². The molecule has 4 nitrogen and oxygen atoms in total. The highest BCUT2D eigenvalue weighted by Gasteiger charge is 2.33. The van der Waals surface area contributed by atoms with Gasteiger partial charge in [-0.1, -0.05) is 25.1 Å². The first-order chi connectivity index (χ1) is 9.95. The van der Waals surface area contributed by atoms with Crippen molar-refractivity contribution in [1.29, 1.82) is 0 Å². The lowest BCUT2D eigenvalue weighted by Crippen LogP contribution is -2.49. The Hall–Kier alpha value is -1.10. The molecule has 0 saturated carbocycles. The van der Waals surface area contributed by atoms with Crippen LogP contribution in [0.4, 0.5) is 0 Å². The number of likely N-dealkylation sites (N-methyl/N-ethyl adjacent to an activating group) is 2. The molecule has 120 valence electrons. The molecule has 0 amide bonds. The van der Waals surface area contributed by atoms with E-state index in [1.54, 1.807) is 7.11 Å². The summed E-state index contributed by atoms with van der Waals surface area (Å²) in [6.45, 7) is 8.69. The second-order valence-corrected chi connectivity index (χ2v) is 5.92. The van der Waals surface area contributed by atoms with Gasteiger partial charge in [-0.3, -0.25) is 0 Å². The second kappa shape index (κ2) is 8.37. The third-order valence-electron chi connectivity index (χ3n) is 4.04. The minimum atomic E-state index is -0.0310. The second-order valence-electron chi connectivity index (χ2n) is 5.92. The molecule has 0 radical (unpaired) electrons. The van der Waals surface area contributed by atoms with Gasteiger partial charge in [0.1, 0.15) is 12.4 Å². The summed E-state index contributed by atoms with van der Waals surface area (Å²) in [4.78, 5) is 2.24. The molecule has 21 heavy (non-hydrogen) atoms. The molecule has 0 aliphatic rings. The number of hydrogen-bond donors (Lipinski definition) is 1. The van der Waals surface area contributed by atoms with E-state index in [1.807, 2.05) is 12.1 Å². The van der Waals surface area contributed by atoms with E-state index in [1.165, 1.54) is 5.56 Å². The summed E-state index contributed by atoms with van der Waals surface area (Å²) in [5.74, 6) is 0.926. The van der Waals surface area contributed by atoms with Gasteiger partial charge >= 0.3 is 0 Å². The van der Waals surface area contributed by atoms with Gasteiger partial charge in [0.05, 0.1) is 12.6 Å².